The van der Waals surface area contributed by atoms with Gasteiger partial charge >= 0.3 is 0 Å². The molecular formula is C21H21N5O3S. The number of nitrogens with one attached hydrogen (secondary N) is 1. The Balaban J connectivity index is 1.21. The van der Waals surface area contributed by atoms with E-state index in [9.17, 15) is 9.59 Å². The number of hydrogen-bond donors (Lipinski definition) is 1. The van der Waals surface area contributed by atoms with Crippen molar-refractivity contribution in [1.82, 2.24) is 19.2 Å². The largest absolute Gasteiger partial charge is 0.379 e. The molecule has 5 heterocycles. The van der Waals surface area contributed by atoms with Crippen LogP contribution in [-0.2, 0) is 20.7 Å². The molecule has 1 N–H and O–H groups in total. The highest BCUT2D eigenvalue weighted by Gasteiger charge is 2.49. The van der Waals surface area contributed by atoms with Gasteiger partial charge in [0.25, 0.3) is 0 Å². The number of fused-ring (bicyclic) bond motifs is 1. The minimum Gasteiger partial charge on any atom is -0.379 e. The third kappa shape index (κ3) is 3.66. The van der Waals surface area contributed by atoms with Gasteiger partial charge in [-0.2, -0.15) is 4.37 Å². The summed E-state index contributed by atoms with van der Waals surface area (Å²) < 4.78 is 9.46. The van der Waals surface area contributed by atoms with E-state index < -0.39 is 5.41 Å². The second-order valence-corrected chi connectivity index (χ2v) is 8.54. The summed E-state index contributed by atoms with van der Waals surface area (Å²) in [5, 5.41) is 2.87. The van der Waals surface area contributed by atoms with Crippen molar-refractivity contribution < 1.29 is 14.3 Å². The van der Waals surface area contributed by atoms with Gasteiger partial charge in [0.05, 0.1) is 13.2 Å². The zero-order valence-electron chi connectivity index (χ0n) is 16.3. The van der Waals surface area contributed by atoms with Gasteiger partial charge in [0.2, 0.25) is 11.8 Å². The van der Waals surface area contributed by atoms with Crippen molar-refractivity contribution in [2.75, 3.05) is 31.6 Å². The number of carbonyl (C=O) groups excluding carboxylic acids is 2. The fraction of sp³-hybridized carbons (Fsp3) is 0.381. The third-order valence-electron chi connectivity index (χ3n) is 5.83. The first-order valence-corrected chi connectivity index (χ1v) is 10.8. The van der Waals surface area contributed by atoms with Crippen molar-refractivity contribution >= 4 is 41.3 Å². The van der Waals surface area contributed by atoms with Crippen LogP contribution in [0.4, 0.5) is 5.82 Å². The molecule has 2 amide bonds. The Kier molecular flexibility index (Phi) is 4.92. The van der Waals surface area contributed by atoms with Crippen LogP contribution in [0, 0.1) is 5.41 Å². The molecule has 8 nitrogen and oxygen atoms in total. The van der Waals surface area contributed by atoms with Gasteiger partial charge in [-0.3, -0.25) is 9.59 Å². The first-order chi connectivity index (χ1) is 14.6. The number of rotatable bonds is 3. The third-order valence-corrected chi connectivity index (χ3v) is 6.33. The van der Waals surface area contributed by atoms with Gasteiger partial charge in [-0.05, 0) is 60.1 Å². The van der Waals surface area contributed by atoms with E-state index in [1.165, 1.54) is 17.1 Å². The van der Waals surface area contributed by atoms with Crippen molar-refractivity contribution in [3.63, 3.8) is 0 Å². The highest BCUT2D eigenvalue weighted by molar-refractivity contribution is 7.03. The summed E-state index contributed by atoms with van der Waals surface area (Å²) >= 11 is 1.34. The molecule has 0 unspecified atom stereocenters. The smallest absolute Gasteiger partial charge is 0.246 e. The van der Waals surface area contributed by atoms with Crippen LogP contribution in [0.25, 0.3) is 12.2 Å². The lowest BCUT2D eigenvalue weighted by molar-refractivity contribution is -0.156. The Morgan fingerprint density at radius 3 is 2.80 bits per heavy atom. The summed E-state index contributed by atoms with van der Waals surface area (Å²) in [6, 6.07) is 1.99. The number of ether oxygens (including phenoxy) is 1. The Labute approximate surface area is 177 Å². The van der Waals surface area contributed by atoms with Gasteiger partial charge in [-0.25, -0.2) is 9.97 Å². The molecule has 0 radical (unpaired) electrons. The maximum atomic E-state index is 12.6. The van der Waals surface area contributed by atoms with Crippen LogP contribution in [0.3, 0.4) is 0 Å². The van der Waals surface area contributed by atoms with Gasteiger partial charge in [0.1, 0.15) is 16.7 Å². The van der Waals surface area contributed by atoms with Gasteiger partial charge in [0.15, 0.2) is 5.82 Å². The van der Waals surface area contributed by atoms with Crippen LogP contribution in [0.15, 0.2) is 29.4 Å². The first kappa shape index (κ1) is 19.1. The summed E-state index contributed by atoms with van der Waals surface area (Å²) in [6.45, 7) is 2.27. The zero-order valence-corrected chi connectivity index (χ0v) is 17.2. The van der Waals surface area contributed by atoms with Gasteiger partial charge in [0, 0.05) is 25.4 Å². The van der Waals surface area contributed by atoms with Crippen molar-refractivity contribution in [1.29, 1.82) is 0 Å². The second kappa shape index (κ2) is 7.73. The molecule has 0 saturated carbocycles. The lowest BCUT2D eigenvalue weighted by Gasteiger charge is -2.42. The van der Waals surface area contributed by atoms with Crippen LogP contribution in [0.5, 0.6) is 0 Å². The molecule has 5 rings (SSSR count). The zero-order chi connectivity index (χ0) is 20.6. The molecule has 2 fully saturated rings. The normalized spacial score (nSPS) is 20.1. The highest BCUT2D eigenvalue weighted by Crippen LogP contribution is 2.38. The number of amides is 2. The van der Waals surface area contributed by atoms with E-state index >= 15 is 0 Å². The molecular weight excluding hydrogens is 402 g/mol. The van der Waals surface area contributed by atoms with E-state index in [0.717, 1.165) is 29.8 Å². The Morgan fingerprint density at radius 1 is 1.27 bits per heavy atom. The minimum atomic E-state index is -0.458. The predicted octanol–water partition coefficient (Wildman–Crippen LogP) is 2.16. The number of pyridine rings is 1. The molecule has 2 aromatic heterocycles. The molecule has 3 aliphatic heterocycles. The number of piperidine rings is 1. The van der Waals surface area contributed by atoms with Crippen molar-refractivity contribution in [3.8, 4) is 0 Å². The van der Waals surface area contributed by atoms with Crippen molar-refractivity contribution in [3.05, 3.63) is 46.4 Å². The van der Waals surface area contributed by atoms with Gasteiger partial charge in [-0.15, -0.1) is 0 Å². The number of nitrogens with zero attached hydrogens (tertiary/aromatic N) is 4. The Morgan fingerprint density at radius 2 is 2.10 bits per heavy atom. The van der Waals surface area contributed by atoms with Gasteiger partial charge in [-0.1, -0.05) is 5.57 Å². The SMILES string of the molecule is O=C(/C=C/c1cnc2c(c1)CC1(COC1)C(=O)N2)N1CCC(=Cc2ncsn2)CC1. The van der Waals surface area contributed by atoms with Crippen molar-refractivity contribution in [2.24, 2.45) is 5.41 Å². The fourth-order valence-electron chi connectivity index (χ4n) is 3.99. The van der Waals surface area contributed by atoms with Crippen LogP contribution in [0.2, 0.25) is 0 Å². The predicted molar refractivity (Wildman–Crippen MR) is 113 cm³/mol. The molecule has 154 valence electrons. The average Bonchev–Trinajstić information content (AvgIpc) is 3.24. The molecule has 3 aliphatic rings. The maximum Gasteiger partial charge on any atom is 0.246 e. The minimum absolute atomic E-state index is 0.00396. The fourth-order valence-corrected chi connectivity index (χ4v) is 4.40. The molecule has 0 aliphatic carbocycles. The van der Waals surface area contributed by atoms with Crippen LogP contribution in [-0.4, -0.2) is 57.4 Å². The molecule has 9 heteroatoms. The Hall–Kier alpha value is -2.91. The molecule has 0 atom stereocenters. The van der Waals surface area contributed by atoms with E-state index in [2.05, 4.69) is 19.7 Å². The first-order valence-electron chi connectivity index (χ1n) is 9.92. The van der Waals surface area contributed by atoms with Crippen LogP contribution < -0.4 is 5.32 Å². The molecule has 0 bridgehead atoms. The number of carbonyl (C=O) groups is 2. The summed E-state index contributed by atoms with van der Waals surface area (Å²) in [4.78, 5) is 35.2. The monoisotopic (exact) mass is 423 g/mol. The standard InChI is InChI=1S/C21H21N5O3S/c27-18(26-5-3-14(4-6-26)8-17-23-13-30-25-17)2-1-15-7-16-9-21(11-29-12-21)20(28)24-19(16)22-10-15/h1-2,7-8,10,13H,3-6,9,11-12H2,(H,22,24,28)/b2-1+. The van der Waals surface area contributed by atoms with Crippen LogP contribution in [0.1, 0.15) is 29.8 Å². The quantitative estimate of drug-likeness (QED) is 0.760. The second-order valence-electron chi connectivity index (χ2n) is 7.93. The average molecular weight is 423 g/mol. The van der Waals surface area contributed by atoms with E-state index in [0.29, 0.717) is 38.5 Å². The van der Waals surface area contributed by atoms with E-state index in [4.69, 9.17) is 4.74 Å². The highest BCUT2D eigenvalue weighted by atomic mass is 32.1. The van der Waals surface area contributed by atoms with Crippen LogP contribution >= 0.6 is 11.5 Å². The molecule has 2 aromatic rings. The molecule has 2 saturated heterocycles. The van der Waals surface area contributed by atoms with E-state index in [-0.39, 0.29) is 11.8 Å². The van der Waals surface area contributed by atoms with E-state index in [1.54, 1.807) is 23.9 Å². The molecule has 30 heavy (non-hydrogen) atoms. The maximum absolute atomic E-state index is 12.6. The lowest BCUT2D eigenvalue weighted by atomic mass is 9.76. The van der Waals surface area contributed by atoms with Gasteiger partial charge < -0.3 is 15.0 Å². The number of aromatic nitrogens is 3. The summed E-state index contributed by atoms with van der Waals surface area (Å²) in [6.07, 6.45) is 9.38. The number of likely N-dealkylation sites (tertiary alicyclic amines) is 1. The summed E-state index contributed by atoms with van der Waals surface area (Å²) in [7, 11) is 0. The summed E-state index contributed by atoms with van der Waals surface area (Å²) in [5.41, 5.74) is 4.37. The lowest BCUT2D eigenvalue weighted by Crippen LogP contribution is -2.55. The topological polar surface area (TPSA) is 97.3 Å². The number of hydrogen-bond acceptors (Lipinski definition) is 7. The molecule has 1 spiro atoms. The van der Waals surface area contributed by atoms with E-state index in [1.807, 2.05) is 17.0 Å². The molecule has 0 aromatic carbocycles. The Bertz CT molecular complexity index is 1030. The van der Waals surface area contributed by atoms with Crippen molar-refractivity contribution in [2.45, 2.75) is 19.3 Å². The number of anilines is 1. The summed E-state index contributed by atoms with van der Waals surface area (Å²) in [5.74, 6) is 1.33.